The molecule has 2 unspecified atom stereocenters. The van der Waals surface area contributed by atoms with Crippen molar-refractivity contribution in [3.63, 3.8) is 0 Å². The lowest BCUT2D eigenvalue weighted by Gasteiger charge is -2.14. The van der Waals surface area contributed by atoms with E-state index in [0.29, 0.717) is 6.61 Å². The SMILES string of the molecule is OC(c1coc2ccccc12)C1CCOC1. The van der Waals surface area contributed by atoms with Gasteiger partial charge in [0.1, 0.15) is 5.58 Å². The van der Waals surface area contributed by atoms with Crippen molar-refractivity contribution >= 4 is 11.0 Å². The van der Waals surface area contributed by atoms with Crippen molar-refractivity contribution < 1.29 is 14.3 Å². The Morgan fingerprint density at radius 3 is 3.00 bits per heavy atom. The number of aliphatic hydroxyl groups is 1. The molecule has 1 aromatic heterocycles. The third kappa shape index (κ3) is 1.52. The molecular formula is C13H14O3. The lowest BCUT2D eigenvalue weighted by Crippen LogP contribution is -2.11. The minimum Gasteiger partial charge on any atom is -0.464 e. The third-order valence-corrected chi connectivity index (χ3v) is 3.24. The van der Waals surface area contributed by atoms with Crippen LogP contribution in [0.25, 0.3) is 11.0 Å². The summed E-state index contributed by atoms with van der Waals surface area (Å²) in [6.07, 6.45) is 2.10. The van der Waals surface area contributed by atoms with Crippen molar-refractivity contribution in [3.05, 3.63) is 36.1 Å². The third-order valence-electron chi connectivity index (χ3n) is 3.24. The largest absolute Gasteiger partial charge is 0.464 e. The van der Waals surface area contributed by atoms with E-state index in [1.165, 1.54) is 0 Å². The number of aliphatic hydroxyl groups excluding tert-OH is 1. The predicted molar refractivity (Wildman–Crippen MR) is 60.1 cm³/mol. The summed E-state index contributed by atoms with van der Waals surface area (Å²) in [5.41, 5.74) is 1.71. The van der Waals surface area contributed by atoms with Crippen LogP contribution < -0.4 is 0 Å². The summed E-state index contributed by atoms with van der Waals surface area (Å²) in [7, 11) is 0. The minimum atomic E-state index is -0.480. The Balaban J connectivity index is 1.98. The molecule has 0 aliphatic carbocycles. The van der Waals surface area contributed by atoms with Crippen molar-refractivity contribution in [3.8, 4) is 0 Å². The average molecular weight is 218 g/mol. The Morgan fingerprint density at radius 2 is 2.19 bits per heavy atom. The highest BCUT2D eigenvalue weighted by Crippen LogP contribution is 2.33. The molecule has 0 spiro atoms. The molecule has 2 heterocycles. The van der Waals surface area contributed by atoms with Gasteiger partial charge in [0.25, 0.3) is 0 Å². The molecule has 3 rings (SSSR count). The number of rotatable bonds is 2. The number of hydrogen-bond acceptors (Lipinski definition) is 3. The van der Waals surface area contributed by atoms with E-state index in [0.717, 1.165) is 29.6 Å². The van der Waals surface area contributed by atoms with Crippen LogP contribution in [0.1, 0.15) is 18.1 Å². The molecule has 2 atom stereocenters. The first-order valence-electron chi connectivity index (χ1n) is 5.58. The van der Waals surface area contributed by atoms with Crippen molar-refractivity contribution in [2.75, 3.05) is 13.2 Å². The van der Waals surface area contributed by atoms with Crippen molar-refractivity contribution in [2.45, 2.75) is 12.5 Å². The van der Waals surface area contributed by atoms with E-state index in [-0.39, 0.29) is 5.92 Å². The van der Waals surface area contributed by atoms with Gasteiger partial charge < -0.3 is 14.3 Å². The molecule has 2 aromatic rings. The van der Waals surface area contributed by atoms with Crippen LogP contribution in [0.5, 0.6) is 0 Å². The average Bonchev–Trinajstić information content (AvgIpc) is 2.98. The van der Waals surface area contributed by atoms with Crippen LogP contribution in [0.4, 0.5) is 0 Å². The van der Waals surface area contributed by atoms with Crippen LogP contribution in [0.3, 0.4) is 0 Å². The molecule has 84 valence electrons. The Kier molecular flexibility index (Phi) is 2.42. The van der Waals surface area contributed by atoms with Gasteiger partial charge >= 0.3 is 0 Å². The second kappa shape index (κ2) is 3.92. The summed E-state index contributed by atoms with van der Waals surface area (Å²) in [5.74, 6) is 0.195. The lowest BCUT2D eigenvalue weighted by molar-refractivity contribution is 0.0922. The van der Waals surface area contributed by atoms with E-state index < -0.39 is 6.10 Å². The molecule has 3 heteroatoms. The van der Waals surface area contributed by atoms with Gasteiger partial charge in [0.2, 0.25) is 0 Å². The number of ether oxygens (including phenoxy) is 1. The number of furan rings is 1. The van der Waals surface area contributed by atoms with Crippen LogP contribution in [0.2, 0.25) is 0 Å². The molecule has 1 aromatic carbocycles. The zero-order valence-corrected chi connectivity index (χ0v) is 8.93. The summed E-state index contributed by atoms with van der Waals surface area (Å²) in [6.45, 7) is 1.39. The molecule has 0 radical (unpaired) electrons. The monoisotopic (exact) mass is 218 g/mol. The normalized spacial score (nSPS) is 22.7. The molecule has 1 N–H and O–H groups in total. The van der Waals surface area contributed by atoms with E-state index in [1.807, 2.05) is 24.3 Å². The maximum atomic E-state index is 10.3. The molecule has 1 aliphatic heterocycles. The van der Waals surface area contributed by atoms with Crippen molar-refractivity contribution in [2.24, 2.45) is 5.92 Å². The molecule has 0 saturated carbocycles. The molecule has 0 bridgehead atoms. The van der Waals surface area contributed by atoms with E-state index >= 15 is 0 Å². The number of fused-ring (bicyclic) bond motifs is 1. The number of benzene rings is 1. The fourth-order valence-corrected chi connectivity index (χ4v) is 2.28. The Bertz CT molecular complexity index is 483. The number of hydrogen-bond donors (Lipinski definition) is 1. The fraction of sp³-hybridized carbons (Fsp3) is 0.385. The number of para-hydroxylation sites is 1. The fourth-order valence-electron chi connectivity index (χ4n) is 2.28. The van der Waals surface area contributed by atoms with Crippen LogP contribution in [-0.2, 0) is 4.74 Å². The zero-order chi connectivity index (χ0) is 11.0. The van der Waals surface area contributed by atoms with Gasteiger partial charge in [-0.3, -0.25) is 0 Å². The highest BCUT2D eigenvalue weighted by molar-refractivity contribution is 5.81. The summed E-state index contributed by atoms with van der Waals surface area (Å²) in [6, 6.07) is 7.78. The molecule has 1 fully saturated rings. The molecular weight excluding hydrogens is 204 g/mol. The second-order valence-corrected chi connectivity index (χ2v) is 4.26. The van der Waals surface area contributed by atoms with Crippen LogP contribution in [0.15, 0.2) is 34.9 Å². The first-order chi connectivity index (χ1) is 7.86. The molecule has 3 nitrogen and oxygen atoms in total. The van der Waals surface area contributed by atoms with Crippen LogP contribution >= 0.6 is 0 Å². The van der Waals surface area contributed by atoms with Gasteiger partial charge in [0.15, 0.2) is 0 Å². The Morgan fingerprint density at radius 1 is 1.31 bits per heavy atom. The predicted octanol–water partition coefficient (Wildman–Crippen LogP) is 2.50. The minimum absolute atomic E-state index is 0.195. The van der Waals surface area contributed by atoms with E-state index in [2.05, 4.69) is 0 Å². The first kappa shape index (κ1) is 9.87. The molecule has 1 saturated heterocycles. The lowest BCUT2D eigenvalue weighted by atomic mass is 9.95. The van der Waals surface area contributed by atoms with Gasteiger partial charge in [-0.25, -0.2) is 0 Å². The standard InChI is InChI=1S/C13H14O3/c14-13(9-5-6-15-7-9)11-8-16-12-4-2-1-3-10(11)12/h1-4,8-9,13-14H,5-7H2. The van der Waals surface area contributed by atoms with E-state index in [4.69, 9.17) is 9.15 Å². The zero-order valence-electron chi connectivity index (χ0n) is 8.93. The first-order valence-corrected chi connectivity index (χ1v) is 5.58. The summed E-state index contributed by atoms with van der Waals surface area (Å²) < 4.78 is 10.7. The summed E-state index contributed by atoms with van der Waals surface area (Å²) >= 11 is 0. The second-order valence-electron chi connectivity index (χ2n) is 4.26. The van der Waals surface area contributed by atoms with Gasteiger partial charge in [-0.2, -0.15) is 0 Å². The van der Waals surface area contributed by atoms with Gasteiger partial charge in [-0.1, -0.05) is 18.2 Å². The van der Waals surface area contributed by atoms with Crippen LogP contribution in [0, 0.1) is 5.92 Å². The maximum Gasteiger partial charge on any atom is 0.134 e. The van der Waals surface area contributed by atoms with Gasteiger partial charge in [-0.15, -0.1) is 0 Å². The quantitative estimate of drug-likeness (QED) is 0.842. The Labute approximate surface area is 93.6 Å². The highest BCUT2D eigenvalue weighted by atomic mass is 16.5. The van der Waals surface area contributed by atoms with Crippen LogP contribution in [-0.4, -0.2) is 18.3 Å². The molecule has 1 aliphatic rings. The van der Waals surface area contributed by atoms with Gasteiger partial charge in [0.05, 0.1) is 19.0 Å². The van der Waals surface area contributed by atoms with E-state index in [9.17, 15) is 5.11 Å². The summed E-state index contributed by atoms with van der Waals surface area (Å²) in [5, 5.41) is 11.3. The smallest absolute Gasteiger partial charge is 0.134 e. The van der Waals surface area contributed by atoms with Gasteiger partial charge in [-0.05, 0) is 12.5 Å². The van der Waals surface area contributed by atoms with E-state index in [1.54, 1.807) is 6.26 Å². The molecule has 16 heavy (non-hydrogen) atoms. The topological polar surface area (TPSA) is 42.6 Å². The Hall–Kier alpha value is -1.32. The van der Waals surface area contributed by atoms with Gasteiger partial charge in [0, 0.05) is 23.5 Å². The molecule has 0 amide bonds. The van der Waals surface area contributed by atoms with Crippen molar-refractivity contribution in [1.82, 2.24) is 0 Å². The summed E-state index contributed by atoms with van der Waals surface area (Å²) in [4.78, 5) is 0. The highest BCUT2D eigenvalue weighted by Gasteiger charge is 2.27. The maximum absolute atomic E-state index is 10.3. The van der Waals surface area contributed by atoms with Crippen molar-refractivity contribution in [1.29, 1.82) is 0 Å².